The SMILES string of the molecule is Nc1nc(/C(=N/OCC(=O)O)C(=O)N[C@@H]2C(=O)N3C(C(=O)O)=C(C[n+]4ccn5ccccc54)CS[C@H]23)c(Br)s1.[H-].[Na+]. The third-order valence-electron chi connectivity index (χ3n) is 5.85. The molecular formula is C22H20BrN7NaO7S2+. The van der Waals surface area contributed by atoms with Gasteiger partial charge in [0.2, 0.25) is 6.61 Å². The normalized spacial score (nSPS) is 18.6. The molecule has 5 N–H and O–H groups in total. The van der Waals surface area contributed by atoms with Crippen molar-refractivity contribution in [3.8, 4) is 0 Å². The number of anilines is 1. The maximum atomic E-state index is 13.1. The molecule has 0 bridgehead atoms. The van der Waals surface area contributed by atoms with Crippen LogP contribution in [-0.4, -0.2) is 77.7 Å². The van der Waals surface area contributed by atoms with Gasteiger partial charge in [-0.05, 0) is 22.0 Å². The van der Waals surface area contributed by atoms with Gasteiger partial charge in [-0.25, -0.2) is 23.5 Å². The van der Waals surface area contributed by atoms with Crippen molar-refractivity contribution >= 4 is 79.3 Å². The van der Waals surface area contributed by atoms with Crippen molar-refractivity contribution < 1.29 is 69.8 Å². The molecule has 0 saturated carbocycles. The number of carbonyl (C=O) groups is 4. The van der Waals surface area contributed by atoms with Crippen molar-refractivity contribution in [3.05, 3.63) is 57.5 Å². The van der Waals surface area contributed by atoms with Crippen molar-refractivity contribution in [2.24, 2.45) is 5.16 Å². The van der Waals surface area contributed by atoms with Gasteiger partial charge in [0.15, 0.2) is 10.8 Å². The van der Waals surface area contributed by atoms with Gasteiger partial charge in [0.05, 0.1) is 6.20 Å². The second kappa shape index (κ2) is 12.3. The topological polar surface area (TPSA) is 193 Å². The van der Waals surface area contributed by atoms with E-state index in [-0.39, 0.29) is 54.1 Å². The number of nitrogen functional groups attached to an aromatic ring is 1. The fraction of sp³-hybridized carbons (Fsp3) is 0.227. The Morgan fingerprint density at radius 1 is 1.32 bits per heavy atom. The number of nitrogens with one attached hydrogen (secondary N) is 1. The van der Waals surface area contributed by atoms with Gasteiger partial charge < -0.3 is 27.5 Å². The molecule has 40 heavy (non-hydrogen) atoms. The maximum absolute atomic E-state index is 13.1. The van der Waals surface area contributed by atoms with E-state index >= 15 is 0 Å². The van der Waals surface area contributed by atoms with Gasteiger partial charge in [-0.2, -0.15) is 0 Å². The molecule has 0 radical (unpaired) electrons. The van der Waals surface area contributed by atoms with Gasteiger partial charge in [0, 0.05) is 17.4 Å². The van der Waals surface area contributed by atoms with Gasteiger partial charge >= 0.3 is 41.5 Å². The number of fused-ring (bicyclic) bond motifs is 2. The van der Waals surface area contributed by atoms with E-state index in [2.05, 4.69) is 31.4 Å². The smallest absolute Gasteiger partial charge is 1.00 e. The number of pyridine rings is 1. The maximum Gasteiger partial charge on any atom is 1.00 e. The molecule has 18 heteroatoms. The number of rotatable bonds is 9. The minimum Gasteiger partial charge on any atom is -1.00 e. The van der Waals surface area contributed by atoms with E-state index in [1.807, 2.05) is 45.8 Å². The Labute approximate surface area is 265 Å². The van der Waals surface area contributed by atoms with E-state index in [9.17, 15) is 24.3 Å². The molecule has 204 valence electrons. The molecule has 1 fully saturated rings. The Balaban J connectivity index is 0.00000231. The number of carbonyl (C=O) groups excluding carboxylic acids is 2. The second-order valence-electron chi connectivity index (χ2n) is 8.29. The summed E-state index contributed by atoms with van der Waals surface area (Å²) in [7, 11) is 0. The van der Waals surface area contributed by atoms with Crippen molar-refractivity contribution in [2.45, 2.75) is 18.0 Å². The van der Waals surface area contributed by atoms with Crippen LogP contribution in [0.1, 0.15) is 7.12 Å². The number of thioether (sulfide) groups is 1. The van der Waals surface area contributed by atoms with Crippen LogP contribution in [0.3, 0.4) is 0 Å². The van der Waals surface area contributed by atoms with Crippen LogP contribution in [0.2, 0.25) is 0 Å². The van der Waals surface area contributed by atoms with E-state index in [1.54, 1.807) is 0 Å². The van der Waals surface area contributed by atoms with Gasteiger partial charge in [-0.3, -0.25) is 14.5 Å². The van der Waals surface area contributed by atoms with Crippen molar-refractivity contribution in [1.29, 1.82) is 0 Å². The van der Waals surface area contributed by atoms with E-state index in [4.69, 9.17) is 15.7 Å². The Morgan fingerprint density at radius 3 is 2.77 bits per heavy atom. The Bertz CT molecular complexity index is 1600. The molecule has 2 aliphatic rings. The summed E-state index contributed by atoms with van der Waals surface area (Å²) in [5.74, 6) is -3.72. The Morgan fingerprint density at radius 2 is 2.10 bits per heavy atom. The van der Waals surface area contributed by atoms with Crippen molar-refractivity contribution in [3.63, 3.8) is 0 Å². The zero-order valence-electron chi connectivity index (χ0n) is 21.7. The monoisotopic (exact) mass is 660 g/mol. The zero-order valence-corrected chi connectivity index (χ0v) is 25.9. The molecule has 0 aromatic carbocycles. The van der Waals surface area contributed by atoms with Crippen LogP contribution in [0.4, 0.5) is 5.13 Å². The second-order valence-corrected chi connectivity index (χ2v) is 11.7. The first-order valence-corrected chi connectivity index (χ1v) is 13.8. The molecule has 3 aromatic heterocycles. The molecule has 2 amide bonds. The predicted molar refractivity (Wildman–Crippen MR) is 143 cm³/mol. The number of nitrogens with zero attached hydrogens (tertiary/aromatic N) is 5. The number of carboxylic acids is 2. The van der Waals surface area contributed by atoms with E-state index in [1.165, 1.54) is 16.7 Å². The summed E-state index contributed by atoms with van der Waals surface area (Å²) in [5, 5.41) is 24.4. The third kappa shape index (κ3) is 5.75. The van der Waals surface area contributed by atoms with Crippen LogP contribution >= 0.6 is 39.0 Å². The summed E-state index contributed by atoms with van der Waals surface area (Å²) in [6.45, 7) is -0.549. The van der Waals surface area contributed by atoms with Gasteiger partial charge in [0.1, 0.15) is 45.5 Å². The molecule has 0 aliphatic carbocycles. The average Bonchev–Trinajstić information content (AvgIpc) is 3.46. The molecule has 3 aromatic rings. The molecule has 5 rings (SSSR count). The average molecular weight is 661 g/mol. The number of hydrogen-bond donors (Lipinski definition) is 4. The molecule has 0 spiro atoms. The number of carboxylic acid groups (broad SMARTS) is 2. The Kier molecular flexibility index (Phi) is 9.21. The van der Waals surface area contributed by atoms with Crippen LogP contribution in [0, 0.1) is 0 Å². The number of aliphatic carboxylic acids is 2. The number of imidazole rings is 1. The largest absolute Gasteiger partial charge is 1.00 e. The standard InChI is InChI=1S/C22H18BrN7O7S2.Na.H/c23-17-13(26-22(24)39-17)14(27-37-8-12(31)32)18(33)25-15-19(34)30-16(21(35)36)10(9-38-20(15)30)7-29-6-5-28-4-2-1-3-11(28)29;;/h1-6,15,20H,7-9H2,(H4-,24,25,26,31,32,33,35,36);;/q;+1;-1/p+1/b27-14-;;/t15-,20-;;/m1../s1. The predicted octanol–water partition coefficient (Wildman–Crippen LogP) is -2.61. The zero-order chi connectivity index (χ0) is 27.8. The van der Waals surface area contributed by atoms with Crippen molar-refractivity contribution in [2.75, 3.05) is 18.1 Å². The fourth-order valence-corrected chi connectivity index (χ4v) is 6.88. The van der Waals surface area contributed by atoms with Crippen LogP contribution in [0.25, 0.3) is 5.65 Å². The number of hydrogen-bond acceptors (Lipinski definition) is 10. The summed E-state index contributed by atoms with van der Waals surface area (Å²) in [6, 6.07) is 4.59. The van der Waals surface area contributed by atoms with E-state index in [0.29, 0.717) is 15.1 Å². The van der Waals surface area contributed by atoms with Crippen LogP contribution < -0.4 is 45.2 Å². The first-order chi connectivity index (χ1) is 18.7. The van der Waals surface area contributed by atoms with Gasteiger partial charge in [0.25, 0.3) is 17.5 Å². The quantitative estimate of drug-likeness (QED) is 0.0621. The molecular weight excluding hydrogens is 641 g/mol. The Hall–Kier alpha value is -2.96. The minimum absolute atomic E-state index is 0. The fourth-order valence-electron chi connectivity index (χ4n) is 4.21. The molecule has 2 atom stereocenters. The van der Waals surface area contributed by atoms with Crippen LogP contribution in [0.5, 0.6) is 0 Å². The minimum atomic E-state index is -1.31. The number of halogens is 1. The number of nitrogens with two attached hydrogens (primary N) is 1. The number of amides is 2. The summed E-state index contributed by atoms with van der Waals surface area (Å²) < 4.78 is 4.13. The summed E-state index contributed by atoms with van der Waals surface area (Å²) in [6.07, 6.45) is 5.55. The van der Waals surface area contributed by atoms with Crippen molar-refractivity contribution in [1.82, 2.24) is 19.6 Å². The van der Waals surface area contributed by atoms with E-state index < -0.39 is 47.5 Å². The third-order valence-corrected chi connectivity index (χ3v) is 8.73. The number of aromatic nitrogens is 3. The first kappa shape index (κ1) is 30.0. The van der Waals surface area contributed by atoms with E-state index in [0.717, 1.165) is 17.0 Å². The van der Waals surface area contributed by atoms with Crippen LogP contribution in [0.15, 0.2) is 57.0 Å². The van der Waals surface area contributed by atoms with Gasteiger partial charge in [-0.15, -0.1) is 11.8 Å². The summed E-state index contributed by atoms with van der Waals surface area (Å²) in [4.78, 5) is 59.3. The summed E-state index contributed by atoms with van der Waals surface area (Å²) in [5.41, 5.74) is 6.60. The molecule has 0 unspecified atom stereocenters. The summed E-state index contributed by atoms with van der Waals surface area (Å²) >= 11 is 5.56. The molecule has 5 heterocycles. The number of β-lactam (4-membered cyclic amide) rings is 1. The van der Waals surface area contributed by atoms with Crippen LogP contribution in [-0.2, 0) is 30.6 Å². The molecule has 14 nitrogen and oxygen atoms in total. The van der Waals surface area contributed by atoms with Gasteiger partial charge in [-0.1, -0.05) is 22.6 Å². The molecule has 1 saturated heterocycles. The number of thiazole rings is 1. The first-order valence-electron chi connectivity index (χ1n) is 11.2. The molecule has 2 aliphatic heterocycles. The number of oxime groups is 1.